The van der Waals surface area contributed by atoms with Gasteiger partial charge in [-0.2, -0.15) is 9.61 Å². The molecule has 0 N–H and O–H groups in total. The molecule has 3 heterocycles. The third-order valence-corrected chi connectivity index (χ3v) is 7.04. The maximum Gasteiger partial charge on any atom is 0.192 e. The monoisotopic (exact) mass is 366 g/mol. The number of hydrogen-bond acceptors (Lipinski definition) is 5. The number of aromatic nitrogens is 4. The van der Waals surface area contributed by atoms with E-state index in [1.165, 1.54) is 34.2 Å². The number of aryl methyl sites for hydroxylation is 1. The first-order valence-electron chi connectivity index (χ1n) is 8.60. The fourth-order valence-electron chi connectivity index (χ4n) is 3.55. The van der Waals surface area contributed by atoms with E-state index in [0.29, 0.717) is 0 Å². The Balaban J connectivity index is 1.61. The molecule has 1 aliphatic rings. The van der Waals surface area contributed by atoms with Gasteiger partial charge in [-0.1, -0.05) is 49.0 Å². The molecule has 4 nitrogen and oxygen atoms in total. The Bertz CT molecular complexity index is 1050. The van der Waals surface area contributed by atoms with Crippen molar-refractivity contribution in [3.05, 3.63) is 52.7 Å². The summed E-state index contributed by atoms with van der Waals surface area (Å²) in [5.74, 6) is 1.62. The molecule has 0 saturated carbocycles. The van der Waals surface area contributed by atoms with Gasteiger partial charge in [-0.25, -0.2) is 9.97 Å². The molecule has 0 fully saturated rings. The van der Waals surface area contributed by atoms with Crippen LogP contribution in [0.3, 0.4) is 0 Å². The van der Waals surface area contributed by atoms with E-state index in [0.717, 1.165) is 33.7 Å². The summed E-state index contributed by atoms with van der Waals surface area (Å²) in [6, 6.07) is 10.5. The summed E-state index contributed by atoms with van der Waals surface area (Å²) in [6.45, 7) is 2.34. The number of nitrogens with zero attached hydrogens (tertiary/aromatic N) is 4. The first-order chi connectivity index (χ1) is 12.3. The van der Waals surface area contributed by atoms with Crippen LogP contribution in [0.2, 0.25) is 0 Å². The largest absolute Gasteiger partial charge is 0.214 e. The number of thiophene rings is 1. The lowest BCUT2D eigenvalue weighted by atomic mass is 9.89. The molecule has 0 radical (unpaired) electrons. The summed E-state index contributed by atoms with van der Waals surface area (Å²) in [4.78, 5) is 12.2. The minimum atomic E-state index is 0.736. The van der Waals surface area contributed by atoms with Gasteiger partial charge in [0.15, 0.2) is 10.8 Å². The molecule has 5 rings (SSSR count). The molecule has 3 aromatic heterocycles. The molecule has 4 aromatic rings. The van der Waals surface area contributed by atoms with Gasteiger partial charge >= 0.3 is 0 Å². The van der Waals surface area contributed by atoms with Gasteiger partial charge in [0.05, 0.1) is 5.39 Å². The van der Waals surface area contributed by atoms with Gasteiger partial charge < -0.3 is 0 Å². The summed E-state index contributed by atoms with van der Waals surface area (Å²) in [5, 5.41) is 6.61. The van der Waals surface area contributed by atoms with Crippen LogP contribution in [-0.4, -0.2) is 19.6 Å². The Hall–Kier alpha value is -1.92. The Labute approximate surface area is 154 Å². The van der Waals surface area contributed by atoms with Crippen molar-refractivity contribution in [2.24, 2.45) is 5.92 Å². The average molecular weight is 367 g/mol. The van der Waals surface area contributed by atoms with Crippen molar-refractivity contribution in [3.8, 4) is 0 Å². The van der Waals surface area contributed by atoms with Crippen LogP contribution in [-0.2, 0) is 18.6 Å². The number of fused-ring (bicyclic) bond motifs is 5. The van der Waals surface area contributed by atoms with Crippen molar-refractivity contribution in [2.75, 3.05) is 0 Å². The molecule has 0 aliphatic heterocycles. The summed E-state index contributed by atoms with van der Waals surface area (Å²) < 4.78 is 1.92. The van der Waals surface area contributed by atoms with Crippen LogP contribution >= 0.6 is 23.1 Å². The van der Waals surface area contributed by atoms with Crippen molar-refractivity contribution in [1.82, 2.24) is 19.6 Å². The first-order valence-corrected chi connectivity index (χ1v) is 10.4. The number of benzene rings is 1. The highest BCUT2D eigenvalue weighted by atomic mass is 32.2. The van der Waals surface area contributed by atoms with Crippen molar-refractivity contribution < 1.29 is 0 Å². The van der Waals surface area contributed by atoms with E-state index in [-0.39, 0.29) is 0 Å². The Morgan fingerprint density at radius 2 is 2.16 bits per heavy atom. The first kappa shape index (κ1) is 15.3. The maximum atomic E-state index is 4.96. The van der Waals surface area contributed by atoms with Crippen LogP contribution in [0.25, 0.3) is 15.9 Å². The summed E-state index contributed by atoms with van der Waals surface area (Å²) >= 11 is 3.58. The Kier molecular flexibility index (Phi) is 3.75. The van der Waals surface area contributed by atoms with Crippen molar-refractivity contribution in [1.29, 1.82) is 0 Å². The van der Waals surface area contributed by atoms with Gasteiger partial charge in [-0.3, -0.25) is 0 Å². The highest BCUT2D eigenvalue weighted by Gasteiger charge is 2.24. The molecule has 126 valence electrons. The van der Waals surface area contributed by atoms with E-state index >= 15 is 0 Å². The van der Waals surface area contributed by atoms with Gasteiger partial charge in [-0.15, -0.1) is 11.3 Å². The van der Waals surface area contributed by atoms with Crippen LogP contribution in [0.1, 0.15) is 29.3 Å². The zero-order chi connectivity index (χ0) is 16.8. The van der Waals surface area contributed by atoms with Gasteiger partial charge in [-0.05, 0) is 36.3 Å². The van der Waals surface area contributed by atoms with E-state index < -0.39 is 0 Å². The van der Waals surface area contributed by atoms with Crippen LogP contribution in [0.15, 0.2) is 41.8 Å². The van der Waals surface area contributed by atoms with E-state index in [1.54, 1.807) is 18.1 Å². The average Bonchev–Trinajstić information content (AvgIpc) is 3.24. The van der Waals surface area contributed by atoms with Crippen LogP contribution in [0.5, 0.6) is 0 Å². The van der Waals surface area contributed by atoms with Crippen molar-refractivity contribution in [2.45, 2.75) is 37.1 Å². The lowest BCUT2D eigenvalue weighted by molar-refractivity contribution is 0.508. The molecule has 25 heavy (non-hydrogen) atoms. The highest BCUT2D eigenvalue weighted by Crippen LogP contribution is 2.39. The Morgan fingerprint density at radius 1 is 1.28 bits per heavy atom. The zero-order valence-corrected chi connectivity index (χ0v) is 15.6. The normalized spacial score (nSPS) is 17.2. The standard InChI is InChI=1S/C19H18N4S2/c1-12-7-8-15-14(9-12)16-17-20-11-21-23(17)19(22-18(16)25-15)24-10-13-5-3-2-4-6-13/h2-6,11-12H,7-10H2,1H3/t12-/m1/s1. The third kappa shape index (κ3) is 2.64. The van der Waals surface area contributed by atoms with Gasteiger partial charge in [0, 0.05) is 10.6 Å². The summed E-state index contributed by atoms with van der Waals surface area (Å²) in [7, 11) is 0. The number of thioether (sulfide) groups is 1. The van der Waals surface area contributed by atoms with E-state index in [4.69, 9.17) is 4.98 Å². The highest BCUT2D eigenvalue weighted by molar-refractivity contribution is 7.98. The molecule has 0 spiro atoms. The molecule has 0 saturated heterocycles. The van der Waals surface area contributed by atoms with Crippen molar-refractivity contribution in [3.63, 3.8) is 0 Å². The lowest BCUT2D eigenvalue weighted by Gasteiger charge is -2.17. The minimum absolute atomic E-state index is 0.736. The molecular formula is C19H18N4S2. The predicted octanol–water partition coefficient (Wildman–Crippen LogP) is 4.76. The topological polar surface area (TPSA) is 43.1 Å². The van der Waals surface area contributed by atoms with Crippen LogP contribution < -0.4 is 0 Å². The molecule has 6 heteroatoms. The van der Waals surface area contributed by atoms with E-state index in [2.05, 4.69) is 41.3 Å². The van der Waals surface area contributed by atoms with Gasteiger partial charge in [0.25, 0.3) is 0 Å². The molecule has 1 aromatic carbocycles. The molecule has 0 bridgehead atoms. The predicted molar refractivity (Wildman–Crippen MR) is 103 cm³/mol. The lowest BCUT2D eigenvalue weighted by Crippen LogP contribution is -2.09. The van der Waals surface area contributed by atoms with E-state index in [9.17, 15) is 0 Å². The van der Waals surface area contributed by atoms with Crippen LogP contribution in [0.4, 0.5) is 0 Å². The number of rotatable bonds is 3. The molecule has 0 unspecified atom stereocenters. The molecule has 1 aliphatic carbocycles. The zero-order valence-electron chi connectivity index (χ0n) is 14.0. The van der Waals surface area contributed by atoms with Gasteiger partial charge in [0.1, 0.15) is 11.2 Å². The second kappa shape index (κ2) is 6.11. The maximum absolute atomic E-state index is 4.96. The van der Waals surface area contributed by atoms with Gasteiger partial charge in [0.2, 0.25) is 0 Å². The quantitative estimate of drug-likeness (QED) is 0.387. The molecule has 0 amide bonds. The smallest absolute Gasteiger partial charge is 0.192 e. The number of hydrogen-bond donors (Lipinski definition) is 0. The summed E-state index contributed by atoms with van der Waals surface area (Å²) in [6.07, 6.45) is 5.23. The minimum Gasteiger partial charge on any atom is -0.214 e. The van der Waals surface area contributed by atoms with E-state index in [1.807, 2.05) is 21.9 Å². The SMILES string of the molecule is C[C@@H]1CCc2sc3nc(SCc4ccccc4)n4ncnc4c3c2C1. The second-order valence-electron chi connectivity index (χ2n) is 6.70. The Morgan fingerprint density at radius 3 is 3.04 bits per heavy atom. The molecular weight excluding hydrogens is 348 g/mol. The molecule has 1 atom stereocenters. The second-order valence-corrected chi connectivity index (χ2v) is 8.72. The fraction of sp³-hybridized carbons (Fsp3) is 0.316. The van der Waals surface area contributed by atoms with Crippen molar-refractivity contribution >= 4 is 39.0 Å². The third-order valence-electron chi connectivity index (χ3n) is 4.85. The van der Waals surface area contributed by atoms with Crippen LogP contribution in [0, 0.1) is 5.92 Å². The fourth-order valence-corrected chi connectivity index (χ4v) is 5.72. The summed E-state index contributed by atoms with van der Waals surface area (Å²) in [5.41, 5.74) is 3.72.